The molecular weight excluding hydrogens is 323 g/mol. The molecule has 2 aromatic rings. The maximum atomic E-state index is 13.1. The largest absolute Gasteiger partial charge is 0.496 e. The molecule has 0 radical (unpaired) electrons. The van der Waals surface area contributed by atoms with Gasteiger partial charge in [-0.2, -0.15) is 0 Å². The van der Waals surface area contributed by atoms with Crippen LogP contribution in [0.25, 0.3) is 0 Å². The van der Waals surface area contributed by atoms with E-state index < -0.39 is 0 Å². The molecule has 0 atom stereocenters. The number of benzene rings is 2. The standard InChI is InChI=1S/C16H14BrFO2/c1-9-7-15(20-3)10(2)6-13(9)16(19)12-5-4-11(18)8-14(12)17/h4-8H,1-3H3. The average Bonchev–Trinajstić information content (AvgIpc) is 2.40. The third kappa shape index (κ3) is 2.75. The van der Waals surface area contributed by atoms with Crippen molar-refractivity contribution < 1.29 is 13.9 Å². The van der Waals surface area contributed by atoms with Gasteiger partial charge in [0, 0.05) is 15.6 Å². The number of hydrogen-bond acceptors (Lipinski definition) is 2. The zero-order valence-corrected chi connectivity index (χ0v) is 13.0. The molecule has 2 rings (SSSR count). The maximum Gasteiger partial charge on any atom is 0.194 e. The fourth-order valence-corrected chi connectivity index (χ4v) is 2.60. The first-order valence-electron chi connectivity index (χ1n) is 6.09. The summed E-state index contributed by atoms with van der Waals surface area (Å²) in [6.45, 7) is 3.74. The summed E-state index contributed by atoms with van der Waals surface area (Å²) in [6, 6.07) is 7.69. The van der Waals surface area contributed by atoms with Crippen molar-refractivity contribution in [3.63, 3.8) is 0 Å². The van der Waals surface area contributed by atoms with E-state index in [2.05, 4.69) is 15.9 Å². The van der Waals surface area contributed by atoms with E-state index >= 15 is 0 Å². The molecule has 104 valence electrons. The van der Waals surface area contributed by atoms with Gasteiger partial charge >= 0.3 is 0 Å². The Hall–Kier alpha value is -1.68. The Balaban J connectivity index is 2.51. The number of halogens is 2. The minimum absolute atomic E-state index is 0.139. The molecule has 0 spiro atoms. The van der Waals surface area contributed by atoms with Gasteiger partial charge in [-0.3, -0.25) is 4.79 Å². The molecule has 2 nitrogen and oxygen atoms in total. The van der Waals surface area contributed by atoms with Crippen molar-refractivity contribution >= 4 is 21.7 Å². The average molecular weight is 337 g/mol. The zero-order valence-electron chi connectivity index (χ0n) is 11.5. The zero-order chi connectivity index (χ0) is 14.9. The van der Waals surface area contributed by atoms with Crippen LogP contribution in [0.15, 0.2) is 34.8 Å². The first-order chi connectivity index (χ1) is 9.43. The second-order valence-electron chi connectivity index (χ2n) is 4.59. The molecule has 0 N–H and O–H groups in total. The van der Waals surface area contributed by atoms with Crippen LogP contribution in [0, 0.1) is 19.7 Å². The molecule has 0 aliphatic carbocycles. The molecule has 0 saturated carbocycles. The van der Waals surface area contributed by atoms with Crippen molar-refractivity contribution in [1.29, 1.82) is 0 Å². The van der Waals surface area contributed by atoms with Crippen LogP contribution in [0.2, 0.25) is 0 Å². The molecule has 0 fully saturated rings. The predicted octanol–water partition coefficient (Wildman–Crippen LogP) is 4.44. The summed E-state index contributed by atoms with van der Waals surface area (Å²) in [5, 5.41) is 0. The van der Waals surface area contributed by atoms with E-state index in [1.807, 2.05) is 19.9 Å². The van der Waals surface area contributed by atoms with Gasteiger partial charge in [-0.05, 0) is 71.2 Å². The first-order valence-corrected chi connectivity index (χ1v) is 6.88. The predicted molar refractivity (Wildman–Crippen MR) is 80.0 cm³/mol. The smallest absolute Gasteiger partial charge is 0.194 e. The minimum Gasteiger partial charge on any atom is -0.496 e. The quantitative estimate of drug-likeness (QED) is 0.774. The van der Waals surface area contributed by atoms with Gasteiger partial charge in [0.15, 0.2) is 5.78 Å². The number of rotatable bonds is 3. The summed E-state index contributed by atoms with van der Waals surface area (Å²) >= 11 is 3.23. The lowest BCUT2D eigenvalue weighted by Gasteiger charge is -2.11. The third-order valence-electron chi connectivity index (χ3n) is 3.16. The highest BCUT2D eigenvalue weighted by molar-refractivity contribution is 9.10. The molecule has 0 aliphatic rings. The summed E-state index contributed by atoms with van der Waals surface area (Å²) in [6.07, 6.45) is 0. The van der Waals surface area contributed by atoms with Gasteiger partial charge in [0.05, 0.1) is 7.11 Å². The highest BCUT2D eigenvalue weighted by atomic mass is 79.9. The summed E-state index contributed by atoms with van der Waals surface area (Å²) < 4.78 is 18.8. The van der Waals surface area contributed by atoms with Gasteiger partial charge in [0.2, 0.25) is 0 Å². The van der Waals surface area contributed by atoms with Crippen LogP contribution in [-0.2, 0) is 0 Å². The van der Waals surface area contributed by atoms with Gasteiger partial charge in [-0.1, -0.05) is 0 Å². The van der Waals surface area contributed by atoms with E-state index in [9.17, 15) is 9.18 Å². The van der Waals surface area contributed by atoms with Gasteiger partial charge in [0.1, 0.15) is 11.6 Å². The van der Waals surface area contributed by atoms with Crippen LogP contribution in [0.4, 0.5) is 4.39 Å². The Labute approximate surface area is 125 Å². The SMILES string of the molecule is COc1cc(C)c(C(=O)c2ccc(F)cc2Br)cc1C. The molecule has 2 aromatic carbocycles. The number of aryl methyl sites for hydroxylation is 2. The molecule has 4 heteroatoms. The van der Waals surface area contributed by atoms with Gasteiger partial charge < -0.3 is 4.74 Å². The van der Waals surface area contributed by atoms with Gasteiger partial charge in [-0.15, -0.1) is 0 Å². The first kappa shape index (κ1) is 14.7. The Morgan fingerprint density at radius 1 is 1.10 bits per heavy atom. The Morgan fingerprint density at radius 2 is 1.80 bits per heavy atom. The van der Waals surface area contributed by atoms with E-state index in [-0.39, 0.29) is 11.6 Å². The fourth-order valence-electron chi connectivity index (χ4n) is 2.07. The molecule has 20 heavy (non-hydrogen) atoms. The molecule has 0 unspecified atom stereocenters. The number of carbonyl (C=O) groups is 1. The van der Waals surface area contributed by atoms with Crippen molar-refractivity contribution in [3.8, 4) is 5.75 Å². The lowest BCUT2D eigenvalue weighted by atomic mass is 9.97. The maximum absolute atomic E-state index is 13.1. The van der Waals surface area contributed by atoms with E-state index in [1.165, 1.54) is 18.2 Å². The van der Waals surface area contributed by atoms with E-state index in [1.54, 1.807) is 13.2 Å². The topological polar surface area (TPSA) is 26.3 Å². The molecule has 0 amide bonds. The Morgan fingerprint density at radius 3 is 2.40 bits per heavy atom. The lowest BCUT2D eigenvalue weighted by Crippen LogP contribution is -2.06. The van der Waals surface area contributed by atoms with Gasteiger partial charge in [0.25, 0.3) is 0 Å². The minimum atomic E-state index is -0.379. The molecule has 0 saturated heterocycles. The third-order valence-corrected chi connectivity index (χ3v) is 3.82. The lowest BCUT2D eigenvalue weighted by molar-refractivity contribution is 0.103. The van der Waals surface area contributed by atoms with Crippen LogP contribution in [0.5, 0.6) is 5.75 Å². The normalized spacial score (nSPS) is 10.4. The van der Waals surface area contributed by atoms with Crippen LogP contribution >= 0.6 is 15.9 Å². The van der Waals surface area contributed by atoms with Crippen LogP contribution in [0.3, 0.4) is 0 Å². The molecule has 0 aromatic heterocycles. The molecule has 0 aliphatic heterocycles. The molecular formula is C16H14BrFO2. The van der Waals surface area contributed by atoms with E-state index in [0.717, 1.165) is 16.9 Å². The van der Waals surface area contributed by atoms with Crippen LogP contribution in [0.1, 0.15) is 27.0 Å². The number of hydrogen-bond donors (Lipinski definition) is 0. The van der Waals surface area contributed by atoms with Crippen molar-refractivity contribution in [1.82, 2.24) is 0 Å². The Bertz CT molecular complexity index is 680. The van der Waals surface area contributed by atoms with Crippen LogP contribution < -0.4 is 4.74 Å². The summed E-state index contributed by atoms with van der Waals surface area (Å²) in [4.78, 5) is 12.6. The highest BCUT2D eigenvalue weighted by Crippen LogP contribution is 2.27. The summed E-state index contributed by atoms with van der Waals surface area (Å²) in [5.74, 6) is 0.230. The monoisotopic (exact) mass is 336 g/mol. The second kappa shape index (κ2) is 5.75. The second-order valence-corrected chi connectivity index (χ2v) is 5.44. The number of methoxy groups -OCH3 is 1. The van der Waals surface area contributed by atoms with Crippen molar-refractivity contribution in [2.24, 2.45) is 0 Å². The molecule has 0 heterocycles. The van der Waals surface area contributed by atoms with E-state index in [0.29, 0.717) is 15.6 Å². The summed E-state index contributed by atoms with van der Waals surface area (Å²) in [5.41, 5.74) is 2.75. The number of ketones is 1. The van der Waals surface area contributed by atoms with Crippen molar-refractivity contribution in [2.75, 3.05) is 7.11 Å². The number of ether oxygens (including phenoxy) is 1. The number of carbonyl (C=O) groups excluding carboxylic acids is 1. The van der Waals surface area contributed by atoms with E-state index in [4.69, 9.17) is 4.74 Å². The van der Waals surface area contributed by atoms with Crippen LogP contribution in [-0.4, -0.2) is 12.9 Å². The summed E-state index contributed by atoms with van der Waals surface area (Å²) in [7, 11) is 1.60. The Kier molecular flexibility index (Phi) is 4.23. The van der Waals surface area contributed by atoms with Crippen molar-refractivity contribution in [3.05, 3.63) is 62.9 Å². The van der Waals surface area contributed by atoms with Crippen molar-refractivity contribution in [2.45, 2.75) is 13.8 Å². The van der Waals surface area contributed by atoms with Gasteiger partial charge in [-0.25, -0.2) is 4.39 Å². The molecule has 0 bridgehead atoms. The fraction of sp³-hybridized carbons (Fsp3) is 0.188. The highest BCUT2D eigenvalue weighted by Gasteiger charge is 2.17.